The Bertz CT molecular complexity index is 336. The smallest absolute Gasteiger partial charge is 0.448 e. The maximum Gasteiger partial charge on any atom is 0.449 e. The first-order chi connectivity index (χ1) is 6.36. The third-order valence-electron chi connectivity index (χ3n) is 1.78. The largest absolute Gasteiger partial charge is 0.449 e. The van der Waals surface area contributed by atoms with Crippen molar-refractivity contribution in [3.63, 3.8) is 0 Å². The van der Waals surface area contributed by atoms with Crippen LogP contribution in [0.5, 0.6) is 0 Å². The average molecular weight is 206 g/mol. The summed E-state index contributed by atoms with van der Waals surface area (Å²) in [4.78, 5) is 10.3. The van der Waals surface area contributed by atoms with Gasteiger partial charge < -0.3 is 4.42 Å². The molecule has 1 aromatic rings. The van der Waals surface area contributed by atoms with Gasteiger partial charge in [-0.05, 0) is 12.0 Å². The minimum absolute atomic E-state index is 0.0135. The summed E-state index contributed by atoms with van der Waals surface area (Å²) in [5, 5.41) is 0. The normalized spacial score (nSPS) is 12.1. The highest BCUT2D eigenvalue weighted by molar-refractivity contribution is 5.71. The summed E-state index contributed by atoms with van der Waals surface area (Å²) in [6.45, 7) is 3.21. The van der Waals surface area contributed by atoms with Gasteiger partial charge >= 0.3 is 6.18 Å². The van der Waals surface area contributed by atoms with Crippen molar-refractivity contribution in [3.05, 3.63) is 23.2 Å². The van der Waals surface area contributed by atoms with Gasteiger partial charge in [-0.2, -0.15) is 13.2 Å². The zero-order chi connectivity index (χ0) is 10.9. The molecule has 0 aliphatic carbocycles. The van der Waals surface area contributed by atoms with Crippen LogP contribution in [-0.4, -0.2) is 6.29 Å². The van der Waals surface area contributed by atoms with Gasteiger partial charge in [0.25, 0.3) is 0 Å². The fraction of sp³-hybridized carbons (Fsp3) is 0.444. The fourth-order valence-electron chi connectivity index (χ4n) is 1.13. The molecule has 0 fully saturated rings. The summed E-state index contributed by atoms with van der Waals surface area (Å²) >= 11 is 0. The molecule has 0 unspecified atom stereocenters. The van der Waals surface area contributed by atoms with Crippen molar-refractivity contribution in [1.82, 2.24) is 0 Å². The molecule has 14 heavy (non-hydrogen) atoms. The second-order valence-corrected chi connectivity index (χ2v) is 3.20. The molecular formula is C9H9F3O2. The van der Waals surface area contributed by atoms with Crippen LogP contribution in [0.3, 0.4) is 0 Å². The Kier molecular flexibility index (Phi) is 2.69. The Morgan fingerprint density at radius 2 is 2.00 bits per heavy atom. The predicted molar refractivity (Wildman–Crippen MR) is 43.2 cm³/mol. The molecule has 5 heteroatoms. The first kappa shape index (κ1) is 10.8. The highest BCUT2D eigenvalue weighted by Crippen LogP contribution is 2.36. The number of rotatable bonds is 2. The molecule has 1 heterocycles. The molecule has 0 aliphatic rings. The first-order valence-electron chi connectivity index (χ1n) is 4.02. The third kappa shape index (κ3) is 1.97. The second kappa shape index (κ2) is 3.48. The molecule has 0 radical (unpaired) electrons. The van der Waals surface area contributed by atoms with Crippen LogP contribution in [0.15, 0.2) is 10.5 Å². The molecule has 1 rings (SSSR count). The van der Waals surface area contributed by atoms with Crippen LogP contribution in [0, 0.1) is 0 Å². The van der Waals surface area contributed by atoms with E-state index in [1.165, 1.54) is 0 Å². The van der Waals surface area contributed by atoms with Crippen molar-refractivity contribution in [2.75, 3.05) is 0 Å². The van der Waals surface area contributed by atoms with Crippen molar-refractivity contribution < 1.29 is 22.4 Å². The molecule has 0 spiro atoms. The summed E-state index contributed by atoms with van der Waals surface area (Å²) in [5.41, 5.74) is 0.0135. The van der Waals surface area contributed by atoms with Crippen LogP contribution in [0.25, 0.3) is 0 Å². The molecule has 0 amide bonds. The minimum atomic E-state index is -4.54. The molecule has 0 aliphatic heterocycles. The third-order valence-corrected chi connectivity index (χ3v) is 1.78. The van der Waals surface area contributed by atoms with Crippen molar-refractivity contribution in [1.29, 1.82) is 0 Å². The van der Waals surface area contributed by atoms with E-state index in [9.17, 15) is 18.0 Å². The SMILES string of the molecule is CC(C)c1cc(C=O)oc1C(F)(F)F. The van der Waals surface area contributed by atoms with E-state index in [0.29, 0.717) is 0 Å². The van der Waals surface area contributed by atoms with Gasteiger partial charge in [-0.15, -0.1) is 0 Å². The lowest BCUT2D eigenvalue weighted by molar-refractivity contribution is -0.153. The maximum absolute atomic E-state index is 12.3. The van der Waals surface area contributed by atoms with Crippen LogP contribution in [0.1, 0.15) is 41.6 Å². The molecule has 2 nitrogen and oxygen atoms in total. The lowest BCUT2D eigenvalue weighted by Gasteiger charge is -2.07. The second-order valence-electron chi connectivity index (χ2n) is 3.20. The van der Waals surface area contributed by atoms with Crippen molar-refractivity contribution >= 4 is 6.29 Å². The van der Waals surface area contributed by atoms with Gasteiger partial charge in [0.05, 0.1) is 0 Å². The van der Waals surface area contributed by atoms with E-state index in [2.05, 4.69) is 4.42 Å². The van der Waals surface area contributed by atoms with Gasteiger partial charge in [-0.25, -0.2) is 0 Å². The Morgan fingerprint density at radius 1 is 1.43 bits per heavy atom. The Labute approximate surface area is 78.7 Å². The number of halogens is 3. The summed E-state index contributed by atoms with van der Waals surface area (Å²) in [5.74, 6) is -1.69. The Hall–Kier alpha value is -1.26. The van der Waals surface area contributed by atoms with E-state index in [1.54, 1.807) is 13.8 Å². The van der Waals surface area contributed by atoms with Crippen LogP contribution in [0.2, 0.25) is 0 Å². The average Bonchev–Trinajstić information content (AvgIpc) is 2.46. The van der Waals surface area contributed by atoms with Gasteiger partial charge in [-0.1, -0.05) is 13.8 Å². The van der Waals surface area contributed by atoms with E-state index < -0.39 is 11.9 Å². The van der Waals surface area contributed by atoms with Crippen molar-refractivity contribution in [2.24, 2.45) is 0 Å². The highest BCUT2D eigenvalue weighted by Gasteiger charge is 2.38. The summed E-state index contributed by atoms with van der Waals surface area (Å²) < 4.78 is 41.4. The van der Waals surface area contributed by atoms with E-state index in [1.807, 2.05) is 0 Å². The number of hydrogen-bond donors (Lipinski definition) is 0. The molecule has 0 atom stereocenters. The van der Waals surface area contributed by atoms with Gasteiger partial charge in [0.2, 0.25) is 5.76 Å². The number of alkyl halides is 3. The monoisotopic (exact) mass is 206 g/mol. The summed E-state index contributed by atoms with van der Waals surface area (Å²) in [7, 11) is 0. The standard InChI is InChI=1S/C9H9F3O2/c1-5(2)7-3-6(4-13)14-8(7)9(10,11)12/h3-5H,1-2H3. The molecule has 0 saturated heterocycles. The molecule has 1 aromatic heterocycles. The Morgan fingerprint density at radius 3 is 2.29 bits per heavy atom. The zero-order valence-electron chi connectivity index (χ0n) is 7.68. The van der Waals surface area contributed by atoms with Crippen molar-refractivity contribution in [3.8, 4) is 0 Å². The number of aldehydes is 1. The number of hydrogen-bond acceptors (Lipinski definition) is 2. The zero-order valence-corrected chi connectivity index (χ0v) is 7.68. The number of carbonyl (C=O) groups excluding carboxylic acids is 1. The van der Waals surface area contributed by atoms with Gasteiger partial charge in [-0.3, -0.25) is 4.79 Å². The van der Waals surface area contributed by atoms with Gasteiger partial charge in [0.15, 0.2) is 12.0 Å². The highest BCUT2D eigenvalue weighted by atomic mass is 19.4. The predicted octanol–water partition coefficient (Wildman–Crippen LogP) is 3.23. The molecular weight excluding hydrogens is 197 g/mol. The Balaban J connectivity index is 3.26. The van der Waals surface area contributed by atoms with E-state index in [-0.39, 0.29) is 23.5 Å². The van der Waals surface area contributed by atoms with Gasteiger partial charge in [0.1, 0.15) is 0 Å². The summed E-state index contributed by atoms with van der Waals surface area (Å²) in [6, 6.07) is 1.13. The summed E-state index contributed by atoms with van der Waals surface area (Å²) in [6.07, 6.45) is -4.28. The van der Waals surface area contributed by atoms with Crippen molar-refractivity contribution in [2.45, 2.75) is 25.9 Å². The molecule has 0 aromatic carbocycles. The quantitative estimate of drug-likeness (QED) is 0.695. The first-order valence-corrected chi connectivity index (χ1v) is 4.02. The topological polar surface area (TPSA) is 30.2 Å². The van der Waals surface area contributed by atoms with Crippen LogP contribution < -0.4 is 0 Å². The van der Waals surface area contributed by atoms with Crippen LogP contribution in [-0.2, 0) is 6.18 Å². The molecule has 0 saturated carbocycles. The van der Waals surface area contributed by atoms with E-state index in [4.69, 9.17) is 0 Å². The minimum Gasteiger partial charge on any atom is -0.448 e. The van der Waals surface area contributed by atoms with Gasteiger partial charge in [0, 0.05) is 5.56 Å². The molecule has 0 N–H and O–H groups in total. The van der Waals surface area contributed by atoms with E-state index >= 15 is 0 Å². The van der Waals surface area contributed by atoms with Crippen LogP contribution in [0.4, 0.5) is 13.2 Å². The lowest BCUT2D eigenvalue weighted by Crippen LogP contribution is -2.07. The number of furan rings is 1. The maximum atomic E-state index is 12.3. The van der Waals surface area contributed by atoms with E-state index in [0.717, 1.165) is 6.07 Å². The van der Waals surface area contributed by atoms with Crippen LogP contribution >= 0.6 is 0 Å². The fourth-order valence-corrected chi connectivity index (χ4v) is 1.13. The lowest BCUT2D eigenvalue weighted by atomic mass is 10.0. The molecule has 78 valence electrons. The number of carbonyl (C=O) groups is 1. The molecule has 0 bridgehead atoms.